The van der Waals surface area contributed by atoms with Crippen LogP contribution in [-0.4, -0.2) is 39.8 Å². The lowest BCUT2D eigenvalue weighted by Gasteiger charge is -2.30. The summed E-state index contributed by atoms with van der Waals surface area (Å²) in [6, 6.07) is 11.0. The first-order valence-electron chi connectivity index (χ1n) is 12.4. The Bertz CT molecular complexity index is 1340. The zero-order valence-corrected chi connectivity index (χ0v) is 20.7. The van der Waals surface area contributed by atoms with Crippen molar-refractivity contribution in [3.63, 3.8) is 0 Å². The Balaban J connectivity index is 1.75. The van der Waals surface area contributed by atoms with Crippen LogP contribution in [0.1, 0.15) is 73.7 Å². The molecule has 1 aliphatic carbocycles. The Morgan fingerprint density at radius 2 is 1.86 bits per heavy atom. The molecule has 1 amide bonds. The first kappa shape index (κ1) is 23.2. The van der Waals surface area contributed by atoms with E-state index in [4.69, 9.17) is 4.74 Å². The minimum Gasteiger partial charge on any atom is -0.507 e. The summed E-state index contributed by atoms with van der Waals surface area (Å²) in [5.41, 5.74) is 4.21. The second-order valence-corrected chi connectivity index (χ2v) is 10.00. The third-order valence-corrected chi connectivity index (χ3v) is 7.57. The molecule has 6 heteroatoms. The summed E-state index contributed by atoms with van der Waals surface area (Å²) < 4.78 is 5.57. The number of nitrogens with zero attached hydrogens (tertiary/aromatic N) is 1. The number of methoxy groups -OCH3 is 1. The molecule has 35 heavy (non-hydrogen) atoms. The van der Waals surface area contributed by atoms with Gasteiger partial charge in [-0.15, -0.1) is 0 Å². The molecule has 182 valence electrons. The molecule has 2 fully saturated rings. The second-order valence-electron chi connectivity index (χ2n) is 10.00. The van der Waals surface area contributed by atoms with Crippen LogP contribution in [0.15, 0.2) is 48.2 Å². The quantitative estimate of drug-likeness (QED) is 0.272. The van der Waals surface area contributed by atoms with Crippen molar-refractivity contribution in [2.75, 3.05) is 7.11 Å². The summed E-state index contributed by atoms with van der Waals surface area (Å²) in [5.74, 6) is -0.368. The molecule has 1 unspecified atom stereocenters. The molecular formula is C29H32N2O4. The standard InChI is InChI=1S/C29H32N2O4/c1-16(2)20-14-21(17(3)13-24(20)35-4)27(32)25-26(22-15-30-23-12-8-7-11-19(22)23)31(29(34)28(25)33)18-9-5-6-10-18/h7-8,11-16,18,26,30,32H,5-6,9-10H2,1-4H3/b27-25+. The average molecular weight is 473 g/mol. The number of ketones is 1. The van der Waals surface area contributed by atoms with Gasteiger partial charge >= 0.3 is 0 Å². The van der Waals surface area contributed by atoms with Gasteiger partial charge in [-0.25, -0.2) is 0 Å². The van der Waals surface area contributed by atoms with E-state index in [2.05, 4.69) is 18.8 Å². The third-order valence-electron chi connectivity index (χ3n) is 7.57. The monoisotopic (exact) mass is 472 g/mol. The number of H-pyrrole nitrogens is 1. The number of carbonyl (C=O) groups excluding carboxylic acids is 2. The summed E-state index contributed by atoms with van der Waals surface area (Å²) in [4.78, 5) is 32.0. The van der Waals surface area contributed by atoms with Crippen molar-refractivity contribution in [2.24, 2.45) is 0 Å². The lowest BCUT2D eigenvalue weighted by atomic mass is 9.90. The van der Waals surface area contributed by atoms with Gasteiger partial charge in [0.15, 0.2) is 0 Å². The van der Waals surface area contributed by atoms with E-state index in [0.717, 1.165) is 59.0 Å². The number of likely N-dealkylation sites (tertiary alicyclic amines) is 1. The van der Waals surface area contributed by atoms with Crippen LogP contribution >= 0.6 is 0 Å². The number of aliphatic hydroxyl groups excluding tert-OH is 1. The van der Waals surface area contributed by atoms with Crippen molar-refractivity contribution in [1.82, 2.24) is 9.88 Å². The highest BCUT2D eigenvalue weighted by molar-refractivity contribution is 6.46. The third kappa shape index (κ3) is 3.72. The van der Waals surface area contributed by atoms with E-state index in [1.807, 2.05) is 49.5 Å². The molecule has 5 rings (SSSR count). The van der Waals surface area contributed by atoms with Gasteiger partial charge in [-0.1, -0.05) is 44.9 Å². The van der Waals surface area contributed by atoms with E-state index in [9.17, 15) is 14.7 Å². The van der Waals surface area contributed by atoms with Gasteiger partial charge in [0.2, 0.25) is 0 Å². The minimum atomic E-state index is -0.641. The van der Waals surface area contributed by atoms with E-state index in [1.54, 1.807) is 12.0 Å². The molecule has 0 radical (unpaired) electrons. The van der Waals surface area contributed by atoms with E-state index in [-0.39, 0.29) is 23.3 Å². The van der Waals surface area contributed by atoms with Crippen molar-refractivity contribution in [3.8, 4) is 5.75 Å². The van der Waals surface area contributed by atoms with Gasteiger partial charge in [-0.3, -0.25) is 9.59 Å². The topological polar surface area (TPSA) is 82.6 Å². The average Bonchev–Trinajstić information content (AvgIpc) is 3.57. The Hall–Kier alpha value is -3.54. The first-order valence-corrected chi connectivity index (χ1v) is 12.4. The van der Waals surface area contributed by atoms with Crippen LogP contribution in [0.2, 0.25) is 0 Å². The molecule has 6 nitrogen and oxygen atoms in total. The van der Waals surface area contributed by atoms with Crippen LogP contribution in [-0.2, 0) is 9.59 Å². The number of fused-ring (bicyclic) bond motifs is 1. The number of Topliss-reactive ketones (excluding diaryl/α,β-unsaturated/α-hetero) is 1. The molecule has 1 aromatic heterocycles. The molecule has 2 heterocycles. The lowest BCUT2D eigenvalue weighted by Crippen LogP contribution is -2.37. The van der Waals surface area contributed by atoms with Crippen molar-refractivity contribution in [3.05, 3.63) is 70.4 Å². The summed E-state index contributed by atoms with van der Waals surface area (Å²) in [7, 11) is 1.63. The lowest BCUT2D eigenvalue weighted by molar-refractivity contribution is -0.141. The van der Waals surface area contributed by atoms with Gasteiger partial charge < -0.3 is 19.7 Å². The Kier molecular flexibility index (Phi) is 5.91. The highest BCUT2D eigenvalue weighted by atomic mass is 16.5. The fourth-order valence-electron chi connectivity index (χ4n) is 5.76. The second kappa shape index (κ2) is 8.91. The van der Waals surface area contributed by atoms with Gasteiger partial charge in [0.1, 0.15) is 11.5 Å². The number of benzene rings is 2. The number of ether oxygens (including phenoxy) is 1. The summed E-state index contributed by atoms with van der Waals surface area (Å²) in [6.07, 6.45) is 5.67. The molecule has 1 aliphatic heterocycles. The number of aromatic nitrogens is 1. The molecular weight excluding hydrogens is 440 g/mol. The van der Waals surface area contributed by atoms with Crippen molar-refractivity contribution in [2.45, 2.75) is 64.5 Å². The largest absolute Gasteiger partial charge is 0.507 e. The maximum atomic E-state index is 13.5. The molecule has 1 atom stereocenters. The van der Waals surface area contributed by atoms with Crippen LogP contribution in [0.3, 0.4) is 0 Å². The molecule has 0 spiro atoms. The summed E-state index contributed by atoms with van der Waals surface area (Å²) in [6.45, 7) is 6.00. The molecule has 2 N–H and O–H groups in total. The van der Waals surface area contributed by atoms with Crippen LogP contribution < -0.4 is 4.74 Å². The number of aliphatic hydroxyl groups is 1. The van der Waals surface area contributed by atoms with E-state index in [1.165, 1.54) is 0 Å². The molecule has 3 aromatic rings. The van der Waals surface area contributed by atoms with Crippen LogP contribution in [0, 0.1) is 6.92 Å². The van der Waals surface area contributed by atoms with Crippen LogP contribution in [0.4, 0.5) is 0 Å². The number of aryl methyl sites for hydroxylation is 1. The normalized spacial score (nSPS) is 20.5. The Labute approximate surface area is 205 Å². The Morgan fingerprint density at radius 1 is 1.14 bits per heavy atom. The van der Waals surface area contributed by atoms with E-state index in [0.29, 0.717) is 5.56 Å². The summed E-state index contributed by atoms with van der Waals surface area (Å²) >= 11 is 0. The predicted octanol–water partition coefficient (Wildman–Crippen LogP) is 5.97. The fourth-order valence-corrected chi connectivity index (χ4v) is 5.76. The molecule has 0 bridgehead atoms. The van der Waals surface area contributed by atoms with Gasteiger partial charge in [0.25, 0.3) is 11.7 Å². The number of nitrogens with one attached hydrogen (secondary N) is 1. The van der Waals surface area contributed by atoms with Crippen LogP contribution in [0.25, 0.3) is 16.7 Å². The van der Waals surface area contributed by atoms with Gasteiger partial charge in [0.05, 0.1) is 18.7 Å². The SMILES string of the molecule is COc1cc(C)c(/C(O)=C2\C(=O)C(=O)N(C3CCCC3)C2c2c[nH]c3ccccc23)cc1C(C)C. The number of para-hydroxylation sites is 1. The highest BCUT2D eigenvalue weighted by Crippen LogP contribution is 2.46. The fraction of sp³-hybridized carbons (Fsp3) is 0.379. The number of aromatic amines is 1. The van der Waals surface area contributed by atoms with E-state index < -0.39 is 17.7 Å². The molecule has 2 aliphatic rings. The first-order chi connectivity index (χ1) is 16.8. The van der Waals surface area contributed by atoms with Crippen molar-refractivity contribution < 1.29 is 19.4 Å². The van der Waals surface area contributed by atoms with Crippen molar-refractivity contribution >= 4 is 28.4 Å². The zero-order valence-electron chi connectivity index (χ0n) is 20.7. The Morgan fingerprint density at radius 3 is 2.54 bits per heavy atom. The number of hydrogen-bond acceptors (Lipinski definition) is 4. The number of amides is 1. The van der Waals surface area contributed by atoms with Crippen molar-refractivity contribution in [1.29, 1.82) is 0 Å². The number of carbonyl (C=O) groups is 2. The van der Waals surface area contributed by atoms with Gasteiger partial charge in [-0.05, 0) is 55.0 Å². The summed E-state index contributed by atoms with van der Waals surface area (Å²) in [5, 5.41) is 12.6. The predicted molar refractivity (Wildman–Crippen MR) is 137 cm³/mol. The maximum absolute atomic E-state index is 13.5. The zero-order chi connectivity index (χ0) is 24.9. The number of hydrogen-bond donors (Lipinski definition) is 2. The molecule has 1 saturated carbocycles. The highest BCUT2D eigenvalue weighted by Gasteiger charge is 2.50. The minimum absolute atomic E-state index is 0.0152. The number of rotatable bonds is 5. The van der Waals surface area contributed by atoms with Gasteiger partial charge in [-0.2, -0.15) is 0 Å². The van der Waals surface area contributed by atoms with E-state index >= 15 is 0 Å². The van der Waals surface area contributed by atoms with Crippen LogP contribution in [0.5, 0.6) is 5.75 Å². The molecule has 2 aromatic carbocycles. The van der Waals surface area contributed by atoms with Gasteiger partial charge in [0, 0.05) is 34.3 Å². The maximum Gasteiger partial charge on any atom is 0.295 e. The smallest absolute Gasteiger partial charge is 0.295 e. The molecule has 1 saturated heterocycles.